The van der Waals surface area contributed by atoms with Crippen LogP contribution in [0.1, 0.15) is 41.6 Å². The third-order valence-corrected chi connectivity index (χ3v) is 7.61. The number of fused-ring (bicyclic) bond motifs is 7. The Morgan fingerprint density at radius 3 is 2.32 bits per heavy atom. The lowest BCUT2D eigenvalue weighted by molar-refractivity contribution is -0.211. The first kappa shape index (κ1) is 23.0. The lowest BCUT2D eigenvalue weighted by Gasteiger charge is -2.54. The van der Waals surface area contributed by atoms with Crippen molar-refractivity contribution in [3.8, 4) is 28.7 Å². The molecule has 1 spiro atoms. The van der Waals surface area contributed by atoms with Crippen LogP contribution in [0.2, 0.25) is 0 Å². The number of carbonyl (C=O) groups is 3. The SMILES string of the molecule is CC(=O)[C@H]1C(=O)[C@]2(COc3cc(O)c(O)cc3C2=O)[C@H]2O[C@@]1(C)Cc1oc3cc(O)c(O)cc3c(=O)c12. The van der Waals surface area contributed by atoms with Crippen LogP contribution in [0.25, 0.3) is 11.0 Å². The molecule has 1 fully saturated rings. The van der Waals surface area contributed by atoms with Crippen LogP contribution >= 0.6 is 0 Å². The Balaban J connectivity index is 1.67. The van der Waals surface area contributed by atoms with E-state index >= 15 is 0 Å². The summed E-state index contributed by atoms with van der Waals surface area (Å²) in [5.41, 5.74) is -4.77. The van der Waals surface area contributed by atoms with E-state index in [1.54, 1.807) is 0 Å². The lowest BCUT2D eigenvalue weighted by Crippen LogP contribution is -2.67. The van der Waals surface area contributed by atoms with E-state index in [0.29, 0.717) is 0 Å². The zero-order valence-corrected chi connectivity index (χ0v) is 19.5. The summed E-state index contributed by atoms with van der Waals surface area (Å²) in [4.78, 5) is 54.6. The van der Waals surface area contributed by atoms with Crippen molar-refractivity contribution in [2.24, 2.45) is 11.3 Å². The van der Waals surface area contributed by atoms with Gasteiger partial charge >= 0.3 is 0 Å². The fraction of sp³-hybridized carbons (Fsp3) is 0.308. The summed E-state index contributed by atoms with van der Waals surface area (Å²) in [7, 11) is 0. The number of ether oxygens (including phenoxy) is 2. The second-order valence-electron chi connectivity index (χ2n) is 9.93. The summed E-state index contributed by atoms with van der Waals surface area (Å²) in [5.74, 6) is -5.91. The minimum atomic E-state index is -2.19. The number of aromatic hydroxyl groups is 4. The highest BCUT2D eigenvalue weighted by Gasteiger charge is 2.69. The number of benzene rings is 2. The summed E-state index contributed by atoms with van der Waals surface area (Å²) in [6.45, 7) is 2.11. The fourth-order valence-electron chi connectivity index (χ4n) is 5.89. The zero-order chi connectivity index (χ0) is 26.6. The van der Waals surface area contributed by atoms with E-state index < -0.39 is 75.4 Å². The van der Waals surface area contributed by atoms with Gasteiger partial charge in [0.25, 0.3) is 0 Å². The number of hydrogen-bond donors (Lipinski definition) is 4. The molecule has 1 aromatic heterocycles. The van der Waals surface area contributed by atoms with E-state index in [9.17, 15) is 39.6 Å². The van der Waals surface area contributed by atoms with Crippen LogP contribution in [0.4, 0.5) is 0 Å². The van der Waals surface area contributed by atoms with Crippen LogP contribution in [-0.2, 0) is 20.7 Å². The molecule has 0 aliphatic carbocycles. The van der Waals surface area contributed by atoms with E-state index in [-0.39, 0.29) is 40.0 Å². The molecule has 0 unspecified atom stereocenters. The van der Waals surface area contributed by atoms with Gasteiger partial charge in [-0.05, 0) is 26.0 Å². The van der Waals surface area contributed by atoms with Crippen LogP contribution in [-0.4, -0.2) is 50.0 Å². The summed E-state index contributed by atoms with van der Waals surface area (Å²) in [6.07, 6.45) is -1.68. The number of carbonyl (C=O) groups excluding carboxylic acids is 3. The second-order valence-corrected chi connectivity index (χ2v) is 9.93. The highest BCUT2D eigenvalue weighted by molar-refractivity contribution is 6.22. The van der Waals surface area contributed by atoms with Crippen LogP contribution in [0.5, 0.6) is 28.7 Å². The molecule has 4 heterocycles. The van der Waals surface area contributed by atoms with Gasteiger partial charge in [0, 0.05) is 18.6 Å². The maximum atomic E-state index is 14.1. The van der Waals surface area contributed by atoms with Crippen molar-refractivity contribution in [1.82, 2.24) is 0 Å². The quantitative estimate of drug-likeness (QED) is 0.279. The van der Waals surface area contributed by atoms with E-state index in [4.69, 9.17) is 13.9 Å². The first-order valence-corrected chi connectivity index (χ1v) is 11.4. The lowest BCUT2D eigenvalue weighted by atomic mass is 9.58. The first-order chi connectivity index (χ1) is 17.4. The molecular weight excluding hydrogens is 488 g/mol. The summed E-state index contributed by atoms with van der Waals surface area (Å²) < 4.78 is 17.9. The molecule has 0 amide bonds. The fourth-order valence-corrected chi connectivity index (χ4v) is 5.89. The van der Waals surface area contributed by atoms with Crippen molar-refractivity contribution in [2.45, 2.75) is 32.0 Å². The molecule has 1 saturated heterocycles. The molecule has 4 atom stereocenters. The number of hydrogen-bond acceptors (Lipinski definition) is 11. The van der Waals surface area contributed by atoms with Gasteiger partial charge in [-0.3, -0.25) is 19.2 Å². The molecule has 11 nitrogen and oxygen atoms in total. The molecule has 2 bridgehead atoms. The zero-order valence-electron chi connectivity index (χ0n) is 19.5. The molecule has 37 heavy (non-hydrogen) atoms. The maximum absolute atomic E-state index is 14.1. The highest BCUT2D eigenvalue weighted by atomic mass is 16.5. The Kier molecular flexibility index (Phi) is 4.42. The van der Waals surface area contributed by atoms with Crippen molar-refractivity contribution >= 4 is 28.3 Å². The van der Waals surface area contributed by atoms with Crippen molar-refractivity contribution in [3.63, 3.8) is 0 Å². The van der Waals surface area contributed by atoms with Crippen molar-refractivity contribution in [2.75, 3.05) is 6.61 Å². The summed E-state index contributed by atoms with van der Waals surface area (Å²) >= 11 is 0. The van der Waals surface area contributed by atoms with Crippen molar-refractivity contribution < 1.29 is 48.7 Å². The Labute approximate surface area is 207 Å². The average Bonchev–Trinajstić information content (AvgIpc) is 2.81. The topological polar surface area (TPSA) is 181 Å². The number of ketones is 3. The van der Waals surface area contributed by atoms with E-state index in [0.717, 1.165) is 24.3 Å². The molecule has 11 heteroatoms. The molecule has 2 aromatic carbocycles. The van der Waals surface area contributed by atoms with Crippen LogP contribution < -0.4 is 10.2 Å². The van der Waals surface area contributed by atoms with Gasteiger partial charge in [0.05, 0.1) is 22.1 Å². The van der Waals surface area contributed by atoms with E-state index in [2.05, 4.69) is 0 Å². The largest absolute Gasteiger partial charge is 0.504 e. The van der Waals surface area contributed by atoms with Crippen molar-refractivity contribution in [3.05, 3.63) is 51.4 Å². The van der Waals surface area contributed by atoms with Crippen molar-refractivity contribution in [1.29, 1.82) is 0 Å². The minimum Gasteiger partial charge on any atom is -0.504 e. The average molecular weight is 508 g/mol. The van der Waals surface area contributed by atoms with E-state index in [1.807, 2.05) is 0 Å². The predicted octanol–water partition coefficient (Wildman–Crippen LogP) is 2.04. The van der Waals surface area contributed by atoms with E-state index in [1.165, 1.54) is 13.8 Å². The van der Waals surface area contributed by atoms with Crippen LogP contribution in [0.15, 0.2) is 33.5 Å². The maximum Gasteiger partial charge on any atom is 0.198 e. The Morgan fingerprint density at radius 2 is 1.62 bits per heavy atom. The third kappa shape index (κ3) is 2.80. The van der Waals surface area contributed by atoms with Gasteiger partial charge in [-0.1, -0.05) is 0 Å². The van der Waals surface area contributed by atoms with Gasteiger partial charge in [-0.15, -0.1) is 0 Å². The number of phenolic OH excluding ortho intramolecular Hbond substituents is 4. The standard InChI is InChI=1S/C26H20O11/c1-9(27)20-23(34)26(8-35-16-5-14(30)13(29)4-11(16)22(26)33)24-19-18(7-25(20,2)37-24)36-17-6-15(31)12(28)3-10(17)21(19)32/h3-6,20,24,28-31H,7-8H2,1-2H3/t20-,24-,25-,26+/m0/s1. The van der Waals surface area contributed by atoms with Gasteiger partial charge in [-0.2, -0.15) is 0 Å². The van der Waals surface area contributed by atoms with Crippen LogP contribution in [0.3, 0.4) is 0 Å². The Hall–Kier alpha value is -4.38. The Morgan fingerprint density at radius 1 is 0.973 bits per heavy atom. The highest BCUT2D eigenvalue weighted by Crippen LogP contribution is 2.58. The summed E-state index contributed by atoms with van der Waals surface area (Å²) in [6, 6.07) is 4.06. The van der Waals surface area contributed by atoms with Crippen LogP contribution in [0, 0.1) is 11.3 Å². The number of phenols is 4. The number of Topliss-reactive ketones (excluding diaryl/α,β-unsaturated/α-hetero) is 3. The van der Waals surface area contributed by atoms with Gasteiger partial charge in [0.1, 0.15) is 41.5 Å². The smallest absolute Gasteiger partial charge is 0.198 e. The monoisotopic (exact) mass is 508 g/mol. The molecule has 3 aliphatic heterocycles. The van der Waals surface area contributed by atoms with Gasteiger partial charge in [-0.25, -0.2) is 0 Å². The molecule has 6 rings (SSSR count). The molecule has 4 N–H and O–H groups in total. The molecular formula is C26H20O11. The number of rotatable bonds is 1. The predicted molar refractivity (Wildman–Crippen MR) is 123 cm³/mol. The van der Waals surface area contributed by atoms with Gasteiger partial charge < -0.3 is 34.3 Å². The molecule has 190 valence electrons. The molecule has 3 aromatic rings. The Bertz CT molecular complexity index is 1650. The minimum absolute atomic E-state index is 0.0423. The summed E-state index contributed by atoms with van der Waals surface area (Å²) in [5, 5.41) is 39.6. The normalized spacial score (nSPS) is 28.1. The first-order valence-electron chi connectivity index (χ1n) is 11.4. The molecule has 3 aliphatic rings. The third-order valence-electron chi connectivity index (χ3n) is 7.61. The molecule has 0 saturated carbocycles. The van der Waals surface area contributed by atoms with Gasteiger partial charge in [0.15, 0.2) is 45.4 Å². The second kappa shape index (κ2) is 7.10. The van der Waals surface area contributed by atoms with Gasteiger partial charge in [0.2, 0.25) is 0 Å². The molecule has 0 radical (unpaired) electrons.